The van der Waals surface area contributed by atoms with Crippen molar-refractivity contribution in [3.8, 4) is 0 Å². The Morgan fingerprint density at radius 1 is 1.43 bits per heavy atom. The number of alkyl halides is 3. The lowest BCUT2D eigenvalue weighted by atomic mass is 9.80. The zero-order valence-electron chi connectivity index (χ0n) is 11.7. The first kappa shape index (κ1) is 15.8. The third-order valence-corrected chi connectivity index (χ3v) is 3.71. The number of nitrogens with one attached hydrogen (secondary N) is 1. The van der Waals surface area contributed by atoms with Crippen LogP contribution in [-0.4, -0.2) is 25.7 Å². The van der Waals surface area contributed by atoms with Crippen molar-refractivity contribution in [3.63, 3.8) is 0 Å². The van der Waals surface area contributed by atoms with E-state index in [0.29, 0.717) is 25.1 Å². The van der Waals surface area contributed by atoms with Gasteiger partial charge in [-0.25, -0.2) is 0 Å². The average molecular weight is 301 g/mol. The molecule has 0 radical (unpaired) electrons. The second kappa shape index (κ2) is 6.47. The molecule has 1 heterocycles. The SMILES string of the molecule is CCOC(=O)C1CNCCC1c1cccc(C(F)(F)F)c1. The Morgan fingerprint density at radius 2 is 2.19 bits per heavy atom. The predicted molar refractivity (Wildman–Crippen MR) is 71.8 cm³/mol. The molecule has 1 aromatic rings. The Bertz CT molecular complexity index is 502. The highest BCUT2D eigenvalue weighted by atomic mass is 19.4. The van der Waals surface area contributed by atoms with Crippen molar-refractivity contribution >= 4 is 5.97 Å². The Kier molecular flexibility index (Phi) is 4.88. The summed E-state index contributed by atoms with van der Waals surface area (Å²) in [4.78, 5) is 12.0. The monoisotopic (exact) mass is 301 g/mol. The fourth-order valence-electron chi connectivity index (χ4n) is 2.70. The second-order valence-corrected chi connectivity index (χ2v) is 5.08. The van der Waals surface area contributed by atoms with Gasteiger partial charge in [0.15, 0.2) is 0 Å². The van der Waals surface area contributed by atoms with Gasteiger partial charge in [-0.2, -0.15) is 13.2 Å². The van der Waals surface area contributed by atoms with E-state index in [1.165, 1.54) is 6.07 Å². The summed E-state index contributed by atoms with van der Waals surface area (Å²) < 4.78 is 43.5. The summed E-state index contributed by atoms with van der Waals surface area (Å²) in [5.74, 6) is -1.04. The van der Waals surface area contributed by atoms with Crippen LogP contribution in [0.4, 0.5) is 13.2 Å². The lowest BCUT2D eigenvalue weighted by Gasteiger charge is -2.31. The van der Waals surface area contributed by atoms with Crippen molar-refractivity contribution < 1.29 is 22.7 Å². The first-order valence-electron chi connectivity index (χ1n) is 6.98. The molecule has 2 atom stereocenters. The number of carbonyl (C=O) groups excluding carboxylic acids is 1. The van der Waals surface area contributed by atoms with Crippen molar-refractivity contribution in [2.45, 2.75) is 25.4 Å². The molecule has 2 rings (SSSR count). The topological polar surface area (TPSA) is 38.3 Å². The summed E-state index contributed by atoms with van der Waals surface area (Å²) in [6.07, 6.45) is -3.76. The van der Waals surface area contributed by atoms with Gasteiger partial charge in [0.1, 0.15) is 0 Å². The number of esters is 1. The van der Waals surface area contributed by atoms with Gasteiger partial charge in [-0.15, -0.1) is 0 Å². The van der Waals surface area contributed by atoms with E-state index in [2.05, 4.69) is 5.32 Å². The van der Waals surface area contributed by atoms with Gasteiger partial charge in [-0.3, -0.25) is 4.79 Å². The number of piperidine rings is 1. The van der Waals surface area contributed by atoms with Gasteiger partial charge in [0, 0.05) is 6.54 Å². The third-order valence-electron chi connectivity index (χ3n) is 3.71. The summed E-state index contributed by atoms with van der Waals surface area (Å²) in [5, 5.41) is 3.10. The van der Waals surface area contributed by atoms with Crippen LogP contribution in [0.3, 0.4) is 0 Å². The second-order valence-electron chi connectivity index (χ2n) is 5.08. The van der Waals surface area contributed by atoms with E-state index < -0.39 is 17.7 Å². The quantitative estimate of drug-likeness (QED) is 0.872. The van der Waals surface area contributed by atoms with E-state index in [-0.39, 0.29) is 18.5 Å². The minimum atomic E-state index is -4.37. The molecule has 1 aliphatic heterocycles. The number of hydrogen-bond donors (Lipinski definition) is 1. The van der Waals surface area contributed by atoms with Crippen molar-refractivity contribution in [2.24, 2.45) is 5.92 Å². The Hall–Kier alpha value is -1.56. The van der Waals surface area contributed by atoms with Crippen LogP contribution in [0, 0.1) is 5.92 Å². The van der Waals surface area contributed by atoms with Gasteiger partial charge < -0.3 is 10.1 Å². The fraction of sp³-hybridized carbons (Fsp3) is 0.533. The smallest absolute Gasteiger partial charge is 0.416 e. The van der Waals surface area contributed by atoms with Crippen LogP contribution in [0.15, 0.2) is 24.3 Å². The molecular weight excluding hydrogens is 283 g/mol. The molecule has 0 aliphatic carbocycles. The molecule has 116 valence electrons. The van der Waals surface area contributed by atoms with Crippen LogP contribution >= 0.6 is 0 Å². The molecule has 21 heavy (non-hydrogen) atoms. The van der Waals surface area contributed by atoms with E-state index in [1.807, 2.05) is 0 Å². The average Bonchev–Trinajstić information content (AvgIpc) is 2.47. The van der Waals surface area contributed by atoms with Gasteiger partial charge in [-0.05, 0) is 37.4 Å². The molecule has 0 bridgehead atoms. The summed E-state index contributed by atoms with van der Waals surface area (Å²) in [5.41, 5.74) is -0.134. The highest BCUT2D eigenvalue weighted by molar-refractivity contribution is 5.74. The molecule has 1 saturated heterocycles. The van der Waals surface area contributed by atoms with E-state index in [1.54, 1.807) is 13.0 Å². The molecular formula is C15H18F3NO2. The number of carbonyl (C=O) groups is 1. The maximum absolute atomic E-state index is 12.8. The standard InChI is InChI=1S/C15H18F3NO2/c1-2-21-14(20)13-9-19-7-6-12(13)10-4-3-5-11(8-10)15(16,17)18/h3-5,8,12-13,19H,2,6-7,9H2,1H3. The summed E-state index contributed by atoms with van der Waals surface area (Å²) in [6.45, 7) is 3.09. The number of hydrogen-bond acceptors (Lipinski definition) is 3. The van der Waals surface area contributed by atoms with Gasteiger partial charge in [0.25, 0.3) is 0 Å². The number of ether oxygens (including phenoxy) is 1. The molecule has 6 heteroatoms. The summed E-state index contributed by atoms with van der Waals surface area (Å²) in [7, 11) is 0. The minimum absolute atomic E-state index is 0.243. The third kappa shape index (κ3) is 3.75. The molecule has 0 saturated carbocycles. The van der Waals surface area contributed by atoms with Gasteiger partial charge >= 0.3 is 12.1 Å². The molecule has 1 aliphatic rings. The van der Waals surface area contributed by atoms with E-state index in [0.717, 1.165) is 12.1 Å². The fourth-order valence-corrected chi connectivity index (χ4v) is 2.70. The lowest BCUT2D eigenvalue weighted by molar-refractivity contribution is -0.149. The number of halogens is 3. The van der Waals surface area contributed by atoms with Crippen LogP contribution in [0.1, 0.15) is 30.4 Å². The molecule has 0 aromatic heterocycles. The van der Waals surface area contributed by atoms with Gasteiger partial charge in [0.2, 0.25) is 0 Å². The van der Waals surface area contributed by atoms with Crippen molar-refractivity contribution in [1.82, 2.24) is 5.32 Å². The zero-order chi connectivity index (χ0) is 15.5. The van der Waals surface area contributed by atoms with E-state index in [4.69, 9.17) is 4.74 Å². The number of rotatable bonds is 3. The largest absolute Gasteiger partial charge is 0.466 e. The van der Waals surface area contributed by atoms with Crippen molar-refractivity contribution in [2.75, 3.05) is 19.7 Å². The van der Waals surface area contributed by atoms with Crippen LogP contribution in [-0.2, 0) is 15.7 Å². The normalized spacial score (nSPS) is 22.9. The molecule has 2 unspecified atom stereocenters. The zero-order valence-corrected chi connectivity index (χ0v) is 11.7. The van der Waals surface area contributed by atoms with Crippen molar-refractivity contribution in [3.05, 3.63) is 35.4 Å². The molecule has 1 fully saturated rings. The molecule has 0 amide bonds. The van der Waals surface area contributed by atoms with E-state index in [9.17, 15) is 18.0 Å². The minimum Gasteiger partial charge on any atom is -0.466 e. The van der Waals surface area contributed by atoms with Crippen LogP contribution in [0.25, 0.3) is 0 Å². The highest BCUT2D eigenvalue weighted by Gasteiger charge is 2.35. The van der Waals surface area contributed by atoms with Gasteiger partial charge in [0.05, 0.1) is 18.1 Å². The van der Waals surface area contributed by atoms with Gasteiger partial charge in [-0.1, -0.05) is 18.2 Å². The summed E-state index contributed by atoms with van der Waals surface area (Å²) in [6, 6.07) is 5.23. The maximum atomic E-state index is 12.8. The predicted octanol–water partition coefficient (Wildman–Crippen LogP) is 2.96. The van der Waals surface area contributed by atoms with Crippen LogP contribution in [0.2, 0.25) is 0 Å². The lowest BCUT2D eigenvalue weighted by Crippen LogP contribution is -2.40. The number of benzene rings is 1. The van der Waals surface area contributed by atoms with Crippen LogP contribution in [0.5, 0.6) is 0 Å². The highest BCUT2D eigenvalue weighted by Crippen LogP contribution is 2.35. The molecule has 1 aromatic carbocycles. The maximum Gasteiger partial charge on any atom is 0.416 e. The first-order chi connectivity index (χ1) is 9.93. The summed E-state index contributed by atoms with van der Waals surface area (Å²) >= 11 is 0. The van der Waals surface area contributed by atoms with Crippen LogP contribution < -0.4 is 5.32 Å². The molecule has 1 N–H and O–H groups in total. The Morgan fingerprint density at radius 3 is 2.86 bits per heavy atom. The Balaban J connectivity index is 2.27. The molecule has 3 nitrogen and oxygen atoms in total. The Labute approximate surface area is 121 Å². The first-order valence-corrected chi connectivity index (χ1v) is 6.98. The van der Waals surface area contributed by atoms with E-state index >= 15 is 0 Å². The molecule has 0 spiro atoms. The van der Waals surface area contributed by atoms with Crippen molar-refractivity contribution in [1.29, 1.82) is 0 Å².